The van der Waals surface area contributed by atoms with Gasteiger partial charge in [-0.3, -0.25) is 14.7 Å². The number of para-hydroxylation sites is 1. The summed E-state index contributed by atoms with van der Waals surface area (Å²) in [6.45, 7) is 1.75. The maximum atomic E-state index is 13.5. The van der Waals surface area contributed by atoms with E-state index in [0.29, 0.717) is 31.7 Å². The molecular formula is C23H21F2N3O. The Kier molecular flexibility index (Phi) is 4.32. The molecule has 29 heavy (non-hydrogen) atoms. The van der Waals surface area contributed by atoms with Crippen LogP contribution in [0.15, 0.2) is 54.7 Å². The van der Waals surface area contributed by atoms with Crippen molar-refractivity contribution in [3.63, 3.8) is 0 Å². The van der Waals surface area contributed by atoms with Gasteiger partial charge in [-0.05, 0) is 29.8 Å². The summed E-state index contributed by atoms with van der Waals surface area (Å²) in [7, 11) is 0. The lowest BCUT2D eigenvalue weighted by Gasteiger charge is -2.32. The number of likely N-dealkylation sites (tertiary alicyclic amines) is 1. The number of alkyl halides is 2. The quantitative estimate of drug-likeness (QED) is 0.651. The molecule has 3 heterocycles. The van der Waals surface area contributed by atoms with Crippen LogP contribution in [-0.4, -0.2) is 34.8 Å². The molecule has 0 N–H and O–H groups in total. The van der Waals surface area contributed by atoms with Crippen molar-refractivity contribution in [2.45, 2.75) is 31.9 Å². The lowest BCUT2D eigenvalue weighted by Crippen LogP contribution is -2.38. The number of nitrogens with zero attached hydrogens (tertiary/aromatic N) is 3. The normalized spacial score (nSPS) is 19.0. The fourth-order valence-electron chi connectivity index (χ4n) is 4.32. The number of hydrogen-bond donors (Lipinski definition) is 0. The molecule has 2 aromatic carbocycles. The Bertz CT molecular complexity index is 1070. The van der Waals surface area contributed by atoms with Crippen molar-refractivity contribution in [1.29, 1.82) is 0 Å². The van der Waals surface area contributed by atoms with Gasteiger partial charge in [-0.15, -0.1) is 0 Å². The van der Waals surface area contributed by atoms with Gasteiger partial charge in [-0.1, -0.05) is 24.3 Å². The van der Waals surface area contributed by atoms with Gasteiger partial charge in [0, 0.05) is 60.9 Å². The molecule has 0 aliphatic carbocycles. The zero-order valence-electron chi connectivity index (χ0n) is 15.9. The highest BCUT2D eigenvalue weighted by atomic mass is 19.3. The highest BCUT2D eigenvalue weighted by Gasteiger charge is 2.35. The van der Waals surface area contributed by atoms with Gasteiger partial charge < -0.3 is 4.90 Å². The number of piperidine rings is 1. The van der Waals surface area contributed by atoms with Crippen molar-refractivity contribution < 1.29 is 13.6 Å². The summed E-state index contributed by atoms with van der Waals surface area (Å²) in [4.78, 5) is 21.5. The largest absolute Gasteiger partial charge is 0.304 e. The highest BCUT2D eigenvalue weighted by Crippen LogP contribution is 2.35. The average Bonchev–Trinajstić information content (AvgIpc) is 3.07. The molecule has 0 radical (unpaired) electrons. The van der Waals surface area contributed by atoms with Crippen molar-refractivity contribution in [3.05, 3.63) is 71.4 Å². The summed E-state index contributed by atoms with van der Waals surface area (Å²) in [6.07, 6.45) is 1.51. The summed E-state index contributed by atoms with van der Waals surface area (Å²) in [5.74, 6) is -2.60. The molecular weight excluding hydrogens is 372 g/mol. The van der Waals surface area contributed by atoms with E-state index in [1.807, 2.05) is 53.4 Å². The summed E-state index contributed by atoms with van der Waals surface area (Å²) < 4.78 is 27.0. The van der Waals surface area contributed by atoms with E-state index in [1.165, 1.54) is 0 Å². The number of halogens is 2. The van der Waals surface area contributed by atoms with E-state index in [9.17, 15) is 13.6 Å². The van der Waals surface area contributed by atoms with Crippen LogP contribution in [0.5, 0.6) is 0 Å². The summed E-state index contributed by atoms with van der Waals surface area (Å²) in [5.41, 5.74) is 4.26. The van der Waals surface area contributed by atoms with Crippen LogP contribution < -0.4 is 4.90 Å². The van der Waals surface area contributed by atoms with Gasteiger partial charge in [0.1, 0.15) is 0 Å². The van der Waals surface area contributed by atoms with Crippen LogP contribution in [0, 0.1) is 0 Å². The molecule has 0 saturated carbocycles. The fourth-order valence-corrected chi connectivity index (χ4v) is 4.32. The lowest BCUT2D eigenvalue weighted by molar-refractivity contribution is -0.0565. The van der Waals surface area contributed by atoms with Crippen molar-refractivity contribution in [1.82, 2.24) is 9.88 Å². The van der Waals surface area contributed by atoms with E-state index in [4.69, 9.17) is 0 Å². The van der Waals surface area contributed by atoms with Gasteiger partial charge in [-0.2, -0.15) is 0 Å². The molecule has 148 valence electrons. The number of carbonyl (C=O) groups is 1. The molecule has 2 aliphatic heterocycles. The van der Waals surface area contributed by atoms with Crippen LogP contribution in [0.4, 0.5) is 14.5 Å². The minimum absolute atomic E-state index is 0.0369. The Labute approximate surface area is 167 Å². The third-order valence-corrected chi connectivity index (χ3v) is 5.92. The van der Waals surface area contributed by atoms with E-state index in [2.05, 4.69) is 4.98 Å². The zero-order valence-corrected chi connectivity index (χ0v) is 15.9. The van der Waals surface area contributed by atoms with E-state index >= 15 is 0 Å². The topological polar surface area (TPSA) is 36.4 Å². The maximum Gasteiger partial charge on any atom is 0.259 e. The lowest BCUT2D eigenvalue weighted by atomic mass is 9.98. The zero-order chi connectivity index (χ0) is 20.0. The predicted molar refractivity (Wildman–Crippen MR) is 108 cm³/mol. The standard InChI is InChI=1S/C23H21F2N3O/c24-23(25)8-11-27(12-9-23)14-16-13-19-20(21-18(16)7-4-10-26-21)15-28(22(19)29)17-5-2-1-3-6-17/h1-7,10,13H,8-9,11-12,14-15H2. The minimum Gasteiger partial charge on any atom is -0.304 e. The van der Waals surface area contributed by atoms with Crippen molar-refractivity contribution in [2.24, 2.45) is 0 Å². The van der Waals surface area contributed by atoms with Gasteiger partial charge in [0.25, 0.3) is 11.8 Å². The number of carbonyl (C=O) groups excluding carboxylic acids is 1. The van der Waals surface area contributed by atoms with Gasteiger partial charge in [0.05, 0.1) is 12.1 Å². The summed E-state index contributed by atoms with van der Waals surface area (Å²) >= 11 is 0. The van der Waals surface area contributed by atoms with Gasteiger partial charge in [-0.25, -0.2) is 8.78 Å². The third kappa shape index (κ3) is 3.27. The third-order valence-electron chi connectivity index (χ3n) is 5.92. The molecule has 0 spiro atoms. The van der Waals surface area contributed by atoms with Crippen LogP contribution >= 0.6 is 0 Å². The Balaban J connectivity index is 1.52. The van der Waals surface area contributed by atoms with Crippen LogP contribution in [0.2, 0.25) is 0 Å². The summed E-state index contributed by atoms with van der Waals surface area (Å²) in [6, 6.07) is 15.4. The number of hydrogen-bond acceptors (Lipinski definition) is 3. The van der Waals surface area contributed by atoms with E-state index < -0.39 is 5.92 Å². The Morgan fingerprint density at radius 2 is 1.79 bits per heavy atom. The molecule has 2 aliphatic rings. The Hall–Kier alpha value is -2.86. The van der Waals surface area contributed by atoms with Crippen molar-refractivity contribution in [2.75, 3.05) is 18.0 Å². The monoisotopic (exact) mass is 393 g/mol. The molecule has 4 nitrogen and oxygen atoms in total. The molecule has 1 amide bonds. The van der Waals surface area contributed by atoms with Gasteiger partial charge in [0.2, 0.25) is 0 Å². The minimum atomic E-state index is -2.57. The number of pyridine rings is 1. The first-order chi connectivity index (χ1) is 14.0. The number of rotatable bonds is 3. The second-order valence-corrected chi connectivity index (χ2v) is 7.82. The highest BCUT2D eigenvalue weighted by molar-refractivity contribution is 6.13. The number of benzene rings is 2. The van der Waals surface area contributed by atoms with E-state index in [-0.39, 0.29) is 18.7 Å². The van der Waals surface area contributed by atoms with Crippen molar-refractivity contribution in [3.8, 4) is 0 Å². The van der Waals surface area contributed by atoms with Crippen LogP contribution in [0.1, 0.15) is 34.3 Å². The first-order valence-electron chi connectivity index (χ1n) is 9.88. The van der Waals surface area contributed by atoms with E-state index in [0.717, 1.165) is 27.7 Å². The van der Waals surface area contributed by atoms with Gasteiger partial charge in [0.15, 0.2) is 0 Å². The first-order valence-corrected chi connectivity index (χ1v) is 9.88. The van der Waals surface area contributed by atoms with Crippen molar-refractivity contribution >= 4 is 22.5 Å². The molecule has 1 fully saturated rings. The fraction of sp³-hybridized carbons (Fsp3) is 0.304. The van der Waals surface area contributed by atoms with Crippen LogP contribution in [0.3, 0.4) is 0 Å². The SMILES string of the molecule is O=C1c2cc(CN3CCC(F)(F)CC3)c3cccnc3c2CN1c1ccccc1. The van der Waals surface area contributed by atoms with Crippen LogP contribution in [0.25, 0.3) is 10.9 Å². The Morgan fingerprint density at radius 3 is 2.55 bits per heavy atom. The molecule has 0 unspecified atom stereocenters. The molecule has 1 aromatic heterocycles. The number of amides is 1. The van der Waals surface area contributed by atoms with E-state index in [1.54, 1.807) is 11.1 Å². The molecule has 0 atom stereocenters. The molecule has 5 rings (SSSR count). The molecule has 1 saturated heterocycles. The number of fused-ring (bicyclic) bond motifs is 3. The Morgan fingerprint density at radius 1 is 1.03 bits per heavy atom. The second kappa shape index (κ2) is 6.88. The number of anilines is 1. The smallest absolute Gasteiger partial charge is 0.259 e. The average molecular weight is 393 g/mol. The first kappa shape index (κ1) is 18.2. The maximum absolute atomic E-state index is 13.5. The number of aromatic nitrogens is 1. The van der Waals surface area contributed by atoms with Gasteiger partial charge >= 0.3 is 0 Å². The molecule has 6 heteroatoms. The summed E-state index contributed by atoms with van der Waals surface area (Å²) in [5, 5.41) is 0.992. The second-order valence-electron chi connectivity index (χ2n) is 7.82. The van der Waals surface area contributed by atoms with Crippen LogP contribution in [-0.2, 0) is 13.1 Å². The predicted octanol–water partition coefficient (Wildman–Crippen LogP) is 4.63. The molecule has 0 bridgehead atoms. The molecule has 3 aromatic rings.